The zero-order chi connectivity index (χ0) is 22.1. The van der Waals surface area contributed by atoms with Gasteiger partial charge < -0.3 is 19.7 Å². The molecule has 3 aromatic rings. The van der Waals surface area contributed by atoms with Crippen LogP contribution in [0.5, 0.6) is 0 Å². The summed E-state index contributed by atoms with van der Waals surface area (Å²) < 4.78 is 1.82. The molecule has 1 aliphatic heterocycles. The zero-order valence-electron chi connectivity index (χ0n) is 16.9. The second-order valence-electron chi connectivity index (χ2n) is 7.48. The highest BCUT2D eigenvalue weighted by molar-refractivity contribution is 5.96. The standard InChI is InChI=1S/C22H21N5O4/c1-25-13-17(16-11-14(21(28)29)4-5-18(16)25)19(22(30)31)26-7-9-27(10-8-26)20-15(12-23)3-2-6-24-20/h2-6,11,13,19H,7-10H2,1H3,(H,28,29)(H,30,31)/t19-/m0/s1. The summed E-state index contributed by atoms with van der Waals surface area (Å²) in [5, 5.41) is 29.4. The number of aliphatic carboxylic acids is 1. The highest BCUT2D eigenvalue weighted by atomic mass is 16.4. The molecule has 9 heteroatoms. The van der Waals surface area contributed by atoms with Gasteiger partial charge in [0.1, 0.15) is 17.9 Å². The maximum absolute atomic E-state index is 12.3. The number of nitrogens with zero attached hydrogens (tertiary/aromatic N) is 5. The van der Waals surface area contributed by atoms with Crippen molar-refractivity contribution in [2.24, 2.45) is 7.05 Å². The Morgan fingerprint density at radius 2 is 1.90 bits per heavy atom. The van der Waals surface area contributed by atoms with Crippen LogP contribution < -0.4 is 4.90 Å². The van der Waals surface area contributed by atoms with Crippen LogP contribution in [0.1, 0.15) is 27.5 Å². The van der Waals surface area contributed by atoms with Gasteiger partial charge in [-0.1, -0.05) is 0 Å². The van der Waals surface area contributed by atoms with Gasteiger partial charge in [-0.05, 0) is 30.3 Å². The molecule has 0 aliphatic carbocycles. The summed E-state index contributed by atoms with van der Waals surface area (Å²) in [6, 6.07) is 9.41. The Kier molecular flexibility index (Phi) is 5.31. The number of aromatic carboxylic acids is 1. The summed E-state index contributed by atoms with van der Waals surface area (Å²) >= 11 is 0. The molecule has 31 heavy (non-hydrogen) atoms. The maximum Gasteiger partial charge on any atom is 0.335 e. The number of carbonyl (C=O) groups is 2. The molecule has 1 fully saturated rings. The number of rotatable bonds is 5. The molecule has 1 aromatic carbocycles. The predicted octanol–water partition coefficient (Wildman–Crippen LogP) is 2.09. The quantitative estimate of drug-likeness (QED) is 0.645. The molecule has 1 atom stereocenters. The van der Waals surface area contributed by atoms with Crippen LogP contribution in [-0.4, -0.2) is 62.8 Å². The summed E-state index contributed by atoms with van der Waals surface area (Å²) in [6.45, 7) is 1.99. The van der Waals surface area contributed by atoms with Gasteiger partial charge in [0.15, 0.2) is 0 Å². The van der Waals surface area contributed by atoms with Gasteiger partial charge in [-0.25, -0.2) is 9.78 Å². The third kappa shape index (κ3) is 3.69. The Morgan fingerprint density at radius 3 is 2.55 bits per heavy atom. The fraction of sp³-hybridized carbons (Fsp3) is 0.273. The molecule has 2 N–H and O–H groups in total. The molecule has 1 aliphatic rings. The van der Waals surface area contributed by atoms with Gasteiger partial charge in [0.2, 0.25) is 0 Å². The number of piperazine rings is 1. The highest BCUT2D eigenvalue weighted by Gasteiger charge is 2.33. The Hall–Kier alpha value is -3.90. The fourth-order valence-electron chi connectivity index (χ4n) is 4.19. The SMILES string of the molecule is Cn1cc([C@@H](C(=O)O)N2CCN(c3ncccc3C#N)CC2)c2cc(C(=O)O)ccc21. The third-order valence-corrected chi connectivity index (χ3v) is 5.68. The lowest BCUT2D eigenvalue weighted by molar-refractivity contribution is -0.143. The Balaban J connectivity index is 1.64. The topological polar surface area (TPSA) is 123 Å². The second-order valence-corrected chi connectivity index (χ2v) is 7.48. The van der Waals surface area contributed by atoms with E-state index in [2.05, 4.69) is 11.1 Å². The van der Waals surface area contributed by atoms with Gasteiger partial charge >= 0.3 is 11.9 Å². The second kappa shape index (κ2) is 8.08. The van der Waals surface area contributed by atoms with Crippen molar-refractivity contribution in [2.75, 3.05) is 31.1 Å². The monoisotopic (exact) mass is 419 g/mol. The van der Waals surface area contributed by atoms with E-state index in [9.17, 15) is 25.1 Å². The molecule has 0 saturated carbocycles. The van der Waals surface area contributed by atoms with Crippen molar-refractivity contribution in [1.29, 1.82) is 5.26 Å². The molecule has 2 aromatic heterocycles. The normalized spacial score (nSPS) is 15.5. The number of benzene rings is 1. The summed E-state index contributed by atoms with van der Waals surface area (Å²) in [4.78, 5) is 31.9. The number of anilines is 1. The van der Waals surface area contributed by atoms with Gasteiger partial charge in [-0.2, -0.15) is 5.26 Å². The van der Waals surface area contributed by atoms with E-state index in [1.54, 1.807) is 30.6 Å². The van der Waals surface area contributed by atoms with Crippen molar-refractivity contribution in [3.8, 4) is 6.07 Å². The lowest BCUT2D eigenvalue weighted by atomic mass is 10.0. The lowest BCUT2D eigenvalue weighted by Gasteiger charge is -2.38. The smallest absolute Gasteiger partial charge is 0.335 e. The predicted molar refractivity (Wildman–Crippen MR) is 113 cm³/mol. The Morgan fingerprint density at radius 1 is 1.16 bits per heavy atom. The van der Waals surface area contributed by atoms with Crippen molar-refractivity contribution in [3.63, 3.8) is 0 Å². The third-order valence-electron chi connectivity index (χ3n) is 5.68. The number of hydrogen-bond donors (Lipinski definition) is 2. The molecule has 158 valence electrons. The van der Waals surface area contributed by atoms with E-state index >= 15 is 0 Å². The number of nitriles is 1. The average molecular weight is 419 g/mol. The molecule has 0 bridgehead atoms. The van der Waals surface area contributed by atoms with E-state index in [-0.39, 0.29) is 5.56 Å². The lowest BCUT2D eigenvalue weighted by Crippen LogP contribution is -2.49. The molecule has 0 unspecified atom stereocenters. The summed E-state index contributed by atoms with van der Waals surface area (Å²) in [5.74, 6) is -1.44. The van der Waals surface area contributed by atoms with E-state index in [1.807, 2.05) is 21.4 Å². The molecule has 3 heterocycles. The number of carboxylic acid groups (broad SMARTS) is 2. The van der Waals surface area contributed by atoms with Gasteiger partial charge in [-0.3, -0.25) is 9.69 Å². The van der Waals surface area contributed by atoms with Crippen molar-refractivity contribution in [2.45, 2.75) is 6.04 Å². The van der Waals surface area contributed by atoms with Crippen LogP contribution in [-0.2, 0) is 11.8 Å². The molecular formula is C22H21N5O4. The van der Waals surface area contributed by atoms with Crippen LogP contribution in [0.4, 0.5) is 5.82 Å². The van der Waals surface area contributed by atoms with Crippen molar-refractivity contribution >= 4 is 28.7 Å². The summed E-state index contributed by atoms with van der Waals surface area (Å²) in [7, 11) is 1.81. The number of aryl methyl sites for hydroxylation is 1. The van der Waals surface area contributed by atoms with Gasteiger partial charge in [0.05, 0.1) is 11.1 Å². The van der Waals surface area contributed by atoms with Crippen molar-refractivity contribution in [1.82, 2.24) is 14.5 Å². The van der Waals surface area contributed by atoms with E-state index < -0.39 is 18.0 Å². The van der Waals surface area contributed by atoms with Gasteiger partial charge in [-0.15, -0.1) is 0 Å². The van der Waals surface area contributed by atoms with E-state index in [1.165, 1.54) is 12.1 Å². The number of fused-ring (bicyclic) bond motifs is 1. The summed E-state index contributed by atoms with van der Waals surface area (Å²) in [6.07, 6.45) is 3.40. The largest absolute Gasteiger partial charge is 0.480 e. The fourth-order valence-corrected chi connectivity index (χ4v) is 4.19. The number of hydrogen-bond acceptors (Lipinski definition) is 6. The summed E-state index contributed by atoms with van der Waals surface area (Å²) in [5.41, 5.74) is 1.95. The maximum atomic E-state index is 12.3. The first-order valence-corrected chi connectivity index (χ1v) is 9.80. The first kappa shape index (κ1) is 20.4. The molecule has 0 spiro atoms. The van der Waals surface area contributed by atoms with E-state index in [0.717, 1.165) is 5.52 Å². The molecular weight excluding hydrogens is 398 g/mol. The number of carboxylic acids is 2. The van der Waals surface area contributed by atoms with Crippen LogP contribution in [0.3, 0.4) is 0 Å². The van der Waals surface area contributed by atoms with Crippen LogP contribution in [0, 0.1) is 11.3 Å². The minimum atomic E-state index is -1.05. The molecule has 0 radical (unpaired) electrons. The van der Waals surface area contributed by atoms with E-state index in [4.69, 9.17) is 0 Å². The molecule has 1 saturated heterocycles. The minimum Gasteiger partial charge on any atom is -0.480 e. The van der Waals surface area contributed by atoms with Crippen LogP contribution in [0.25, 0.3) is 10.9 Å². The number of aromatic nitrogens is 2. The van der Waals surface area contributed by atoms with Crippen LogP contribution in [0.2, 0.25) is 0 Å². The van der Waals surface area contributed by atoms with Gasteiger partial charge in [0, 0.05) is 62.1 Å². The Bertz CT molecular complexity index is 1200. The average Bonchev–Trinajstić information content (AvgIpc) is 3.09. The molecule has 9 nitrogen and oxygen atoms in total. The highest BCUT2D eigenvalue weighted by Crippen LogP contribution is 2.32. The zero-order valence-corrected chi connectivity index (χ0v) is 16.9. The van der Waals surface area contributed by atoms with E-state index in [0.29, 0.717) is 48.5 Å². The minimum absolute atomic E-state index is 0.119. The Labute approximate surface area is 178 Å². The van der Waals surface area contributed by atoms with Crippen molar-refractivity contribution < 1.29 is 19.8 Å². The van der Waals surface area contributed by atoms with Crippen molar-refractivity contribution in [3.05, 3.63) is 59.4 Å². The molecule has 0 amide bonds. The first-order chi connectivity index (χ1) is 14.9. The number of pyridine rings is 1. The van der Waals surface area contributed by atoms with Crippen LogP contribution in [0.15, 0.2) is 42.7 Å². The first-order valence-electron chi connectivity index (χ1n) is 9.80. The van der Waals surface area contributed by atoms with Crippen LogP contribution >= 0.6 is 0 Å². The molecule has 4 rings (SSSR count). The van der Waals surface area contributed by atoms with Gasteiger partial charge in [0.25, 0.3) is 0 Å².